The lowest BCUT2D eigenvalue weighted by Crippen LogP contribution is -2.49. The van der Waals surface area contributed by atoms with Crippen LogP contribution in [0.2, 0.25) is 0 Å². The van der Waals surface area contributed by atoms with Gasteiger partial charge in [-0.1, -0.05) is 36.8 Å². The third kappa shape index (κ3) is 3.30. The average molecular weight is 234 g/mol. The number of nitrogens with one attached hydrogen (secondary N) is 1. The summed E-state index contributed by atoms with van der Waals surface area (Å²) in [6.45, 7) is 9.85. The van der Waals surface area contributed by atoms with E-state index < -0.39 is 0 Å². The summed E-state index contributed by atoms with van der Waals surface area (Å²) in [5.41, 5.74) is 2.77. The van der Waals surface area contributed by atoms with Crippen LogP contribution in [0.25, 0.3) is 0 Å². The second kappa shape index (κ2) is 5.65. The fraction of sp³-hybridized carbons (Fsp3) is 0.600. The van der Waals surface area contributed by atoms with Crippen molar-refractivity contribution < 1.29 is 0 Å². The molecule has 0 aromatic heterocycles. The molecule has 2 nitrogen and oxygen atoms in total. The molecule has 96 valence electrons. The van der Waals surface area contributed by atoms with Crippen LogP contribution in [0, 0.1) is 6.92 Å². The standard InChI is InChI=1S/C15H26N2/c1-7-16-14(15(3,4)17(5)6)13-10-8-9-12(2)11-13/h8-11,14,16H,7H2,1-6H3. The number of nitrogens with zero attached hydrogens (tertiary/aromatic N) is 1. The van der Waals surface area contributed by atoms with E-state index >= 15 is 0 Å². The Morgan fingerprint density at radius 1 is 1.29 bits per heavy atom. The van der Waals surface area contributed by atoms with Crippen molar-refractivity contribution in [2.45, 2.75) is 39.3 Å². The Kier molecular flexibility index (Phi) is 4.72. The Bertz CT molecular complexity index is 356. The highest BCUT2D eigenvalue weighted by atomic mass is 15.2. The molecular formula is C15H26N2. The lowest BCUT2D eigenvalue weighted by atomic mass is 9.87. The Balaban J connectivity index is 3.09. The van der Waals surface area contributed by atoms with Crippen molar-refractivity contribution in [3.05, 3.63) is 35.4 Å². The zero-order valence-electron chi connectivity index (χ0n) is 12.0. The normalized spacial score (nSPS) is 14.1. The molecule has 0 amide bonds. The highest BCUT2D eigenvalue weighted by Gasteiger charge is 2.32. The minimum absolute atomic E-state index is 0.0871. The summed E-state index contributed by atoms with van der Waals surface area (Å²) < 4.78 is 0. The van der Waals surface area contributed by atoms with Gasteiger partial charge in [0.15, 0.2) is 0 Å². The molecule has 0 bridgehead atoms. The van der Waals surface area contributed by atoms with Crippen LogP contribution in [0.3, 0.4) is 0 Å². The molecule has 1 unspecified atom stereocenters. The molecule has 0 saturated carbocycles. The van der Waals surface area contributed by atoms with Crippen molar-refractivity contribution in [3.8, 4) is 0 Å². The number of hydrogen-bond acceptors (Lipinski definition) is 2. The summed E-state index contributed by atoms with van der Waals surface area (Å²) in [5, 5.41) is 3.61. The molecule has 0 fully saturated rings. The molecule has 17 heavy (non-hydrogen) atoms. The van der Waals surface area contributed by atoms with E-state index in [1.165, 1.54) is 11.1 Å². The van der Waals surface area contributed by atoms with Gasteiger partial charge in [0.25, 0.3) is 0 Å². The molecular weight excluding hydrogens is 208 g/mol. The molecule has 0 aliphatic carbocycles. The van der Waals surface area contributed by atoms with Crippen LogP contribution in [0.4, 0.5) is 0 Å². The first-order valence-corrected chi connectivity index (χ1v) is 6.37. The van der Waals surface area contributed by atoms with Crippen LogP contribution in [0.5, 0.6) is 0 Å². The van der Waals surface area contributed by atoms with Gasteiger partial charge in [0.05, 0.1) is 6.04 Å². The lowest BCUT2D eigenvalue weighted by Gasteiger charge is -2.41. The zero-order chi connectivity index (χ0) is 13.1. The van der Waals surface area contributed by atoms with Crippen molar-refractivity contribution in [3.63, 3.8) is 0 Å². The van der Waals surface area contributed by atoms with E-state index in [1.54, 1.807) is 0 Å². The van der Waals surface area contributed by atoms with Crippen molar-refractivity contribution in [2.75, 3.05) is 20.6 Å². The number of rotatable bonds is 5. The van der Waals surface area contributed by atoms with Crippen molar-refractivity contribution in [2.24, 2.45) is 0 Å². The van der Waals surface area contributed by atoms with Crippen LogP contribution in [0.15, 0.2) is 24.3 Å². The van der Waals surface area contributed by atoms with E-state index in [0.29, 0.717) is 6.04 Å². The summed E-state index contributed by atoms with van der Waals surface area (Å²) in [6, 6.07) is 9.13. The molecule has 0 aliphatic heterocycles. The molecule has 0 aliphatic rings. The van der Waals surface area contributed by atoms with Gasteiger partial charge in [0.1, 0.15) is 0 Å². The third-order valence-electron chi connectivity index (χ3n) is 3.64. The quantitative estimate of drug-likeness (QED) is 0.842. The first-order chi connectivity index (χ1) is 7.89. The molecule has 1 aromatic rings. The number of hydrogen-bond donors (Lipinski definition) is 1. The highest BCUT2D eigenvalue weighted by molar-refractivity contribution is 5.27. The molecule has 1 atom stereocenters. The minimum Gasteiger partial charge on any atom is -0.309 e. The van der Waals surface area contributed by atoms with Gasteiger partial charge in [-0.3, -0.25) is 0 Å². The fourth-order valence-corrected chi connectivity index (χ4v) is 2.09. The van der Waals surface area contributed by atoms with Crippen LogP contribution in [0.1, 0.15) is 37.9 Å². The van der Waals surface area contributed by atoms with E-state index in [9.17, 15) is 0 Å². The minimum atomic E-state index is 0.0871. The van der Waals surface area contributed by atoms with Gasteiger partial charge >= 0.3 is 0 Å². The highest BCUT2D eigenvalue weighted by Crippen LogP contribution is 2.29. The van der Waals surface area contributed by atoms with Gasteiger partial charge in [-0.2, -0.15) is 0 Å². The number of aryl methyl sites for hydroxylation is 1. The van der Waals surface area contributed by atoms with E-state index in [0.717, 1.165) is 6.54 Å². The first kappa shape index (κ1) is 14.2. The van der Waals surface area contributed by atoms with Crippen LogP contribution < -0.4 is 5.32 Å². The van der Waals surface area contributed by atoms with Gasteiger partial charge < -0.3 is 10.2 Å². The summed E-state index contributed by atoms with van der Waals surface area (Å²) in [5.74, 6) is 0. The maximum Gasteiger partial charge on any atom is 0.0501 e. The van der Waals surface area contributed by atoms with E-state index in [-0.39, 0.29) is 5.54 Å². The summed E-state index contributed by atoms with van der Waals surface area (Å²) in [4.78, 5) is 2.28. The Morgan fingerprint density at radius 2 is 1.94 bits per heavy atom. The van der Waals surface area contributed by atoms with Gasteiger partial charge in [0.2, 0.25) is 0 Å². The van der Waals surface area contributed by atoms with Crippen LogP contribution in [-0.4, -0.2) is 31.1 Å². The molecule has 0 spiro atoms. The predicted octanol–water partition coefficient (Wildman–Crippen LogP) is 2.99. The van der Waals surface area contributed by atoms with Crippen molar-refractivity contribution >= 4 is 0 Å². The predicted molar refractivity (Wildman–Crippen MR) is 75.4 cm³/mol. The third-order valence-corrected chi connectivity index (χ3v) is 3.64. The number of benzene rings is 1. The largest absolute Gasteiger partial charge is 0.309 e. The van der Waals surface area contributed by atoms with Gasteiger partial charge in [-0.05, 0) is 47.0 Å². The van der Waals surface area contributed by atoms with E-state index in [2.05, 4.69) is 76.3 Å². The maximum atomic E-state index is 3.61. The second-order valence-corrected chi connectivity index (χ2v) is 5.45. The van der Waals surface area contributed by atoms with Gasteiger partial charge in [0, 0.05) is 5.54 Å². The molecule has 2 heteroatoms. The van der Waals surface area contributed by atoms with Gasteiger partial charge in [-0.25, -0.2) is 0 Å². The van der Waals surface area contributed by atoms with Crippen molar-refractivity contribution in [1.29, 1.82) is 0 Å². The molecule has 1 N–H and O–H groups in total. The van der Waals surface area contributed by atoms with E-state index in [4.69, 9.17) is 0 Å². The maximum absolute atomic E-state index is 3.61. The second-order valence-electron chi connectivity index (χ2n) is 5.45. The smallest absolute Gasteiger partial charge is 0.0501 e. The SMILES string of the molecule is CCNC(c1cccc(C)c1)C(C)(C)N(C)C. The Labute approximate surface area is 106 Å². The summed E-state index contributed by atoms with van der Waals surface area (Å²) in [6.07, 6.45) is 0. The van der Waals surface area contributed by atoms with Crippen molar-refractivity contribution in [1.82, 2.24) is 10.2 Å². The van der Waals surface area contributed by atoms with Crippen LogP contribution >= 0.6 is 0 Å². The number of likely N-dealkylation sites (N-methyl/N-ethyl adjacent to an activating group) is 2. The first-order valence-electron chi connectivity index (χ1n) is 6.37. The molecule has 0 radical (unpaired) electrons. The Morgan fingerprint density at radius 3 is 2.41 bits per heavy atom. The topological polar surface area (TPSA) is 15.3 Å². The average Bonchev–Trinajstić information content (AvgIpc) is 2.25. The zero-order valence-corrected chi connectivity index (χ0v) is 12.0. The fourth-order valence-electron chi connectivity index (χ4n) is 2.09. The Hall–Kier alpha value is -0.860. The van der Waals surface area contributed by atoms with Crippen LogP contribution in [-0.2, 0) is 0 Å². The monoisotopic (exact) mass is 234 g/mol. The summed E-state index contributed by atoms with van der Waals surface area (Å²) in [7, 11) is 4.28. The molecule has 0 saturated heterocycles. The summed E-state index contributed by atoms with van der Waals surface area (Å²) >= 11 is 0. The van der Waals surface area contributed by atoms with E-state index in [1.807, 2.05) is 0 Å². The van der Waals surface area contributed by atoms with Gasteiger partial charge in [-0.15, -0.1) is 0 Å². The lowest BCUT2D eigenvalue weighted by molar-refractivity contribution is 0.139. The molecule has 1 aromatic carbocycles. The molecule has 1 rings (SSSR count). The molecule has 0 heterocycles.